The van der Waals surface area contributed by atoms with Crippen molar-refractivity contribution in [2.75, 3.05) is 7.11 Å². The molecule has 3 aromatic rings. The summed E-state index contributed by atoms with van der Waals surface area (Å²) in [6, 6.07) is 16.9. The van der Waals surface area contributed by atoms with Gasteiger partial charge in [-0.15, -0.1) is 0 Å². The van der Waals surface area contributed by atoms with Crippen molar-refractivity contribution in [2.45, 2.75) is 6.54 Å². The Kier molecular flexibility index (Phi) is 5.15. The number of nitrogens with one attached hydrogen (secondary N) is 3. The smallest absolute Gasteiger partial charge is 0.305 e. The molecule has 2 aromatic carbocycles. The minimum atomic E-state index is -0.429. The Hall–Kier alpha value is -3.06. The number of furan rings is 1. The minimum Gasteiger partial charge on any atom is -0.493 e. The van der Waals surface area contributed by atoms with E-state index in [1.807, 2.05) is 42.5 Å². The molecular weight excluding hydrogens is 338 g/mol. The SMILES string of the molecule is COc1cccc2cc(C(=O)NNC(=S)NCc3ccccc3)oc12. The molecule has 0 atom stereocenters. The van der Waals surface area contributed by atoms with Crippen LogP contribution < -0.4 is 20.9 Å². The van der Waals surface area contributed by atoms with Gasteiger partial charge in [0, 0.05) is 11.9 Å². The lowest BCUT2D eigenvalue weighted by Gasteiger charge is -2.10. The number of carbonyl (C=O) groups is 1. The molecule has 1 aromatic heterocycles. The molecule has 3 N–H and O–H groups in total. The maximum absolute atomic E-state index is 12.2. The molecule has 0 unspecified atom stereocenters. The second kappa shape index (κ2) is 7.67. The predicted octanol–water partition coefficient (Wildman–Crippen LogP) is 2.75. The van der Waals surface area contributed by atoms with E-state index >= 15 is 0 Å². The average Bonchev–Trinajstić information content (AvgIpc) is 3.09. The lowest BCUT2D eigenvalue weighted by molar-refractivity contribution is 0.0918. The van der Waals surface area contributed by atoms with Crippen LogP contribution in [0.4, 0.5) is 0 Å². The van der Waals surface area contributed by atoms with Gasteiger partial charge in [-0.05, 0) is 29.9 Å². The number of rotatable bonds is 4. The van der Waals surface area contributed by atoms with Crippen LogP contribution in [-0.4, -0.2) is 18.1 Å². The summed E-state index contributed by atoms with van der Waals surface area (Å²) in [4.78, 5) is 12.2. The third-order valence-corrected chi connectivity index (χ3v) is 3.78. The maximum Gasteiger partial charge on any atom is 0.305 e. The van der Waals surface area contributed by atoms with E-state index in [1.54, 1.807) is 19.2 Å². The van der Waals surface area contributed by atoms with E-state index in [4.69, 9.17) is 21.4 Å². The van der Waals surface area contributed by atoms with Crippen molar-refractivity contribution < 1.29 is 13.9 Å². The average molecular weight is 355 g/mol. The van der Waals surface area contributed by atoms with Crippen molar-refractivity contribution in [3.8, 4) is 5.75 Å². The van der Waals surface area contributed by atoms with Gasteiger partial charge in [0.1, 0.15) is 0 Å². The number of benzene rings is 2. The first-order valence-corrected chi connectivity index (χ1v) is 8.03. The van der Waals surface area contributed by atoms with Crippen LogP contribution in [-0.2, 0) is 6.54 Å². The van der Waals surface area contributed by atoms with Gasteiger partial charge in [0.25, 0.3) is 0 Å². The van der Waals surface area contributed by atoms with Crippen LogP contribution in [0.1, 0.15) is 16.1 Å². The lowest BCUT2D eigenvalue weighted by Crippen LogP contribution is -2.46. The predicted molar refractivity (Wildman–Crippen MR) is 99.2 cm³/mol. The van der Waals surface area contributed by atoms with E-state index in [2.05, 4.69) is 16.2 Å². The van der Waals surface area contributed by atoms with Crippen molar-refractivity contribution in [2.24, 2.45) is 0 Å². The number of para-hydroxylation sites is 1. The first-order chi connectivity index (χ1) is 12.2. The summed E-state index contributed by atoms with van der Waals surface area (Å²) >= 11 is 5.14. The first-order valence-electron chi connectivity index (χ1n) is 7.62. The zero-order valence-electron chi connectivity index (χ0n) is 13.5. The molecular formula is C18H17N3O3S. The van der Waals surface area contributed by atoms with Gasteiger partial charge in [-0.1, -0.05) is 42.5 Å². The summed E-state index contributed by atoms with van der Waals surface area (Å²) in [5.74, 6) is 0.310. The largest absolute Gasteiger partial charge is 0.493 e. The molecule has 7 heteroatoms. The Morgan fingerprint density at radius 3 is 2.68 bits per heavy atom. The molecule has 0 aliphatic heterocycles. The lowest BCUT2D eigenvalue weighted by atomic mass is 10.2. The summed E-state index contributed by atoms with van der Waals surface area (Å²) in [7, 11) is 1.55. The second-order valence-corrected chi connectivity index (χ2v) is 5.64. The zero-order chi connectivity index (χ0) is 17.6. The number of fused-ring (bicyclic) bond motifs is 1. The van der Waals surface area contributed by atoms with Gasteiger partial charge in [0.15, 0.2) is 22.2 Å². The Labute approximate surface area is 150 Å². The topological polar surface area (TPSA) is 75.5 Å². The van der Waals surface area contributed by atoms with Gasteiger partial charge in [-0.3, -0.25) is 15.6 Å². The van der Waals surface area contributed by atoms with Gasteiger partial charge in [-0.2, -0.15) is 0 Å². The van der Waals surface area contributed by atoms with Crippen LogP contribution in [0.5, 0.6) is 5.75 Å². The molecule has 0 aliphatic rings. The molecule has 0 bridgehead atoms. The van der Waals surface area contributed by atoms with Crippen molar-refractivity contribution in [3.05, 3.63) is 65.9 Å². The molecule has 0 radical (unpaired) electrons. The highest BCUT2D eigenvalue weighted by Crippen LogP contribution is 2.28. The molecule has 1 amide bonds. The minimum absolute atomic E-state index is 0.165. The number of hydrazine groups is 1. The number of amides is 1. The van der Waals surface area contributed by atoms with E-state index in [1.165, 1.54) is 0 Å². The summed E-state index contributed by atoms with van der Waals surface area (Å²) in [5, 5.41) is 4.10. The Bertz CT molecular complexity index is 893. The third kappa shape index (κ3) is 4.07. The quantitative estimate of drug-likeness (QED) is 0.494. The highest BCUT2D eigenvalue weighted by atomic mass is 32.1. The van der Waals surface area contributed by atoms with Crippen LogP contribution in [0.2, 0.25) is 0 Å². The molecule has 25 heavy (non-hydrogen) atoms. The van der Waals surface area contributed by atoms with Gasteiger partial charge in [0.05, 0.1) is 7.11 Å². The highest BCUT2D eigenvalue weighted by molar-refractivity contribution is 7.80. The summed E-state index contributed by atoms with van der Waals surface area (Å²) < 4.78 is 10.8. The van der Waals surface area contributed by atoms with Gasteiger partial charge < -0.3 is 14.5 Å². The molecule has 128 valence electrons. The molecule has 0 fully saturated rings. The maximum atomic E-state index is 12.2. The molecule has 0 aliphatic carbocycles. The summed E-state index contributed by atoms with van der Waals surface area (Å²) in [5.41, 5.74) is 6.77. The van der Waals surface area contributed by atoms with Crippen LogP contribution in [0, 0.1) is 0 Å². The van der Waals surface area contributed by atoms with Crippen molar-refractivity contribution in [3.63, 3.8) is 0 Å². The Morgan fingerprint density at radius 2 is 1.92 bits per heavy atom. The van der Waals surface area contributed by atoms with E-state index in [-0.39, 0.29) is 5.76 Å². The van der Waals surface area contributed by atoms with Gasteiger partial charge >= 0.3 is 5.91 Å². The van der Waals surface area contributed by atoms with E-state index in [0.29, 0.717) is 23.0 Å². The van der Waals surface area contributed by atoms with Crippen molar-refractivity contribution >= 4 is 34.2 Å². The van der Waals surface area contributed by atoms with Crippen molar-refractivity contribution in [1.82, 2.24) is 16.2 Å². The normalized spacial score (nSPS) is 10.3. The second-order valence-electron chi connectivity index (χ2n) is 5.24. The number of hydrogen-bond donors (Lipinski definition) is 3. The fourth-order valence-electron chi connectivity index (χ4n) is 2.31. The van der Waals surface area contributed by atoms with Crippen LogP contribution >= 0.6 is 12.2 Å². The zero-order valence-corrected chi connectivity index (χ0v) is 14.4. The fraction of sp³-hybridized carbons (Fsp3) is 0.111. The standard InChI is InChI=1S/C18H17N3O3S/c1-23-14-9-5-8-13-10-15(24-16(13)14)17(22)20-21-18(25)19-11-12-6-3-2-4-7-12/h2-10H,11H2,1H3,(H,20,22)(H2,19,21,25). The Balaban J connectivity index is 1.56. The van der Waals surface area contributed by atoms with Gasteiger partial charge in [-0.25, -0.2) is 0 Å². The Morgan fingerprint density at radius 1 is 1.12 bits per heavy atom. The molecule has 0 spiro atoms. The van der Waals surface area contributed by atoms with E-state index in [9.17, 15) is 4.79 Å². The van der Waals surface area contributed by atoms with Crippen LogP contribution in [0.3, 0.4) is 0 Å². The van der Waals surface area contributed by atoms with E-state index < -0.39 is 5.91 Å². The summed E-state index contributed by atoms with van der Waals surface area (Å²) in [6.45, 7) is 0.560. The van der Waals surface area contributed by atoms with Crippen LogP contribution in [0.15, 0.2) is 59.0 Å². The van der Waals surface area contributed by atoms with Crippen LogP contribution in [0.25, 0.3) is 11.0 Å². The fourth-order valence-corrected chi connectivity index (χ4v) is 2.43. The number of carbonyl (C=O) groups excluding carboxylic acids is 1. The van der Waals surface area contributed by atoms with E-state index in [0.717, 1.165) is 10.9 Å². The molecule has 0 saturated heterocycles. The number of ether oxygens (including phenoxy) is 1. The molecule has 1 heterocycles. The molecule has 3 rings (SSSR count). The number of thiocarbonyl (C=S) groups is 1. The summed E-state index contributed by atoms with van der Waals surface area (Å²) in [6.07, 6.45) is 0. The third-order valence-electron chi connectivity index (χ3n) is 3.54. The van der Waals surface area contributed by atoms with Gasteiger partial charge in [0.2, 0.25) is 0 Å². The van der Waals surface area contributed by atoms with Crippen molar-refractivity contribution in [1.29, 1.82) is 0 Å². The first kappa shape index (κ1) is 16.8. The number of methoxy groups -OCH3 is 1. The number of hydrogen-bond acceptors (Lipinski definition) is 4. The monoisotopic (exact) mass is 355 g/mol. The highest BCUT2D eigenvalue weighted by Gasteiger charge is 2.14. The molecule has 0 saturated carbocycles. The molecule has 6 nitrogen and oxygen atoms in total.